The average molecular weight is 216 g/mol. The lowest BCUT2D eigenvalue weighted by Gasteiger charge is -2.02. The highest BCUT2D eigenvalue weighted by Crippen LogP contribution is 2.17. The molecule has 2 aromatic rings. The number of H-pyrrole nitrogens is 1. The first kappa shape index (κ1) is 11.1. The van der Waals surface area contributed by atoms with E-state index in [9.17, 15) is 0 Å². The molecule has 2 heteroatoms. The molecule has 2 nitrogen and oxygen atoms in total. The predicted octanol–water partition coefficient (Wildman–Crippen LogP) is 4.16. The molecule has 0 spiro atoms. The largest absolute Gasteiger partial charge is 0.372 e. The van der Waals surface area contributed by atoms with E-state index in [1.54, 1.807) is 0 Å². The Kier molecular flexibility index (Phi) is 3.86. The maximum absolute atomic E-state index is 3.44. The van der Waals surface area contributed by atoms with Crippen molar-refractivity contribution in [1.29, 1.82) is 0 Å². The van der Waals surface area contributed by atoms with Crippen LogP contribution in [0, 0.1) is 0 Å². The molecule has 0 unspecified atom stereocenters. The van der Waals surface area contributed by atoms with Gasteiger partial charge in [-0.15, -0.1) is 0 Å². The standard InChI is InChI=1S/C14H20N2/c1-2-3-4-7-10-15-14-11-12-8-5-6-9-13(12)16-14/h5-6,8-9,11,15-16H,2-4,7,10H2,1H3. The molecule has 0 aliphatic rings. The zero-order valence-corrected chi connectivity index (χ0v) is 9.92. The molecule has 0 radical (unpaired) electrons. The van der Waals surface area contributed by atoms with Gasteiger partial charge >= 0.3 is 0 Å². The van der Waals surface area contributed by atoms with Gasteiger partial charge in [-0.05, 0) is 18.6 Å². The van der Waals surface area contributed by atoms with Crippen molar-refractivity contribution < 1.29 is 0 Å². The Labute approximate surface area is 97.1 Å². The number of unbranched alkanes of at least 4 members (excludes halogenated alkanes) is 3. The fourth-order valence-electron chi connectivity index (χ4n) is 1.94. The van der Waals surface area contributed by atoms with E-state index in [4.69, 9.17) is 0 Å². The molecule has 0 bridgehead atoms. The van der Waals surface area contributed by atoms with Crippen LogP contribution in [-0.4, -0.2) is 11.5 Å². The number of fused-ring (bicyclic) bond motifs is 1. The molecule has 0 fully saturated rings. The lowest BCUT2D eigenvalue weighted by Crippen LogP contribution is -2.01. The molecule has 1 aromatic carbocycles. The third-order valence-electron chi connectivity index (χ3n) is 2.88. The van der Waals surface area contributed by atoms with Crippen LogP contribution in [-0.2, 0) is 0 Å². The molecular formula is C14H20N2. The number of aromatic nitrogens is 1. The summed E-state index contributed by atoms with van der Waals surface area (Å²) in [6.45, 7) is 3.30. The van der Waals surface area contributed by atoms with Gasteiger partial charge < -0.3 is 10.3 Å². The summed E-state index contributed by atoms with van der Waals surface area (Å²) in [6, 6.07) is 10.5. The van der Waals surface area contributed by atoms with Gasteiger partial charge in [0.25, 0.3) is 0 Å². The van der Waals surface area contributed by atoms with Gasteiger partial charge in [0.1, 0.15) is 5.82 Å². The van der Waals surface area contributed by atoms with Crippen LogP contribution in [0.3, 0.4) is 0 Å². The highest BCUT2D eigenvalue weighted by molar-refractivity contribution is 5.83. The SMILES string of the molecule is CCCCCCNc1cc2ccccc2[nH]1. The van der Waals surface area contributed by atoms with Crippen LogP contribution in [0.1, 0.15) is 32.6 Å². The van der Waals surface area contributed by atoms with Gasteiger partial charge in [0, 0.05) is 17.4 Å². The topological polar surface area (TPSA) is 27.8 Å². The van der Waals surface area contributed by atoms with E-state index in [1.165, 1.54) is 36.6 Å². The normalized spacial score (nSPS) is 10.8. The summed E-state index contributed by atoms with van der Waals surface area (Å²) in [6.07, 6.45) is 5.22. The van der Waals surface area contributed by atoms with Crippen LogP contribution >= 0.6 is 0 Å². The van der Waals surface area contributed by atoms with Gasteiger partial charge in [-0.3, -0.25) is 0 Å². The average Bonchev–Trinajstić information content (AvgIpc) is 2.71. The van der Waals surface area contributed by atoms with Gasteiger partial charge in [-0.1, -0.05) is 44.4 Å². The molecular weight excluding hydrogens is 196 g/mol. The first-order chi connectivity index (χ1) is 7.90. The Bertz CT molecular complexity index is 398. The Morgan fingerprint density at radius 1 is 1.12 bits per heavy atom. The molecule has 86 valence electrons. The van der Waals surface area contributed by atoms with Crippen molar-refractivity contribution in [3.63, 3.8) is 0 Å². The van der Waals surface area contributed by atoms with Crippen LogP contribution < -0.4 is 5.32 Å². The van der Waals surface area contributed by atoms with E-state index in [0.29, 0.717) is 0 Å². The monoisotopic (exact) mass is 216 g/mol. The first-order valence-corrected chi connectivity index (χ1v) is 6.22. The predicted molar refractivity (Wildman–Crippen MR) is 70.9 cm³/mol. The van der Waals surface area contributed by atoms with Crippen molar-refractivity contribution in [3.8, 4) is 0 Å². The fourth-order valence-corrected chi connectivity index (χ4v) is 1.94. The number of hydrogen-bond donors (Lipinski definition) is 2. The molecule has 1 heterocycles. The molecule has 0 amide bonds. The molecule has 0 saturated heterocycles. The van der Waals surface area contributed by atoms with Crippen molar-refractivity contribution in [2.45, 2.75) is 32.6 Å². The van der Waals surface area contributed by atoms with Crippen LogP contribution in [0.5, 0.6) is 0 Å². The maximum atomic E-state index is 3.44. The summed E-state index contributed by atoms with van der Waals surface area (Å²) < 4.78 is 0. The molecule has 0 saturated carbocycles. The lowest BCUT2D eigenvalue weighted by molar-refractivity contribution is 0.684. The Morgan fingerprint density at radius 3 is 2.81 bits per heavy atom. The van der Waals surface area contributed by atoms with Gasteiger partial charge in [-0.2, -0.15) is 0 Å². The molecule has 1 aromatic heterocycles. The minimum atomic E-state index is 1.06. The highest BCUT2D eigenvalue weighted by Gasteiger charge is 1.98. The van der Waals surface area contributed by atoms with Crippen molar-refractivity contribution in [2.75, 3.05) is 11.9 Å². The molecule has 0 atom stereocenters. The smallest absolute Gasteiger partial charge is 0.104 e. The summed E-state index contributed by atoms with van der Waals surface area (Å²) in [7, 11) is 0. The third-order valence-corrected chi connectivity index (χ3v) is 2.88. The number of rotatable bonds is 6. The number of para-hydroxylation sites is 1. The zero-order chi connectivity index (χ0) is 11.2. The zero-order valence-electron chi connectivity index (χ0n) is 9.92. The second-order valence-corrected chi connectivity index (χ2v) is 4.26. The van der Waals surface area contributed by atoms with E-state index >= 15 is 0 Å². The maximum Gasteiger partial charge on any atom is 0.104 e. The second kappa shape index (κ2) is 5.59. The molecule has 2 N–H and O–H groups in total. The van der Waals surface area contributed by atoms with Crippen LogP contribution in [0.25, 0.3) is 10.9 Å². The Balaban J connectivity index is 1.85. The molecule has 16 heavy (non-hydrogen) atoms. The quantitative estimate of drug-likeness (QED) is 0.697. The first-order valence-electron chi connectivity index (χ1n) is 6.22. The van der Waals surface area contributed by atoms with Gasteiger partial charge in [0.2, 0.25) is 0 Å². The van der Waals surface area contributed by atoms with Crippen LogP contribution in [0.2, 0.25) is 0 Å². The number of anilines is 1. The second-order valence-electron chi connectivity index (χ2n) is 4.26. The summed E-state index contributed by atoms with van der Waals surface area (Å²) in [5.74, 6) is 1.14. The van der Waals surface area contributed by atoms with Crippen molar-refractivity contribution in [3.05, 3.63) is 30.3 Å². The van der Waals surface area contributed by atoms with Gasteiger partial charge in [-0.25, -0.2) is 0 Å². The number of hydrogen-bond acceptors (Lipinski definition) is 1. The van der Waals surface area contributed by atoms with E-state index in [-0.39, 0.29) is 0 Å². The molecule has 0 aliphatic carbocycles. The highest BCUT2D eigenvalue weighted by atomic mass is 15.0. The van der Waals surface area contributed by atoms with Gasteiger partial charge in [0.05, 0.1) is 0 Å². The van der Waals surface area contributed by atoms with Crippen LogP contribution in [0.4, 0.5) is 5.82 Å². The van der Waals surface area contributed by atoms with Crippen molar-refractivity contribution >= 4 is 16.7 Å². The summed E-state index contributed by atoms with van der Waals surface area (Å²) >= 11 is 0. The molecule has 0 aliphatic heterocycles. The van der Waals surface area contributed by atoms with E-state index in [1.807, 2.05) is 0 Å². The van der Waals surface area contributed by atoms with E-state index < -0.39 is 0 Å². The Morgan fingerprint density at radius 2 is 2.00 bits per heavy atom. The summed E-state index contributed by atoms with van der Waals surface area (Å²) in [5, 5.41) is 4.71. The minimum Gasteiger partial charge on any atom is -0.372 e. The number of aromatic amines is 1. The third kappa shape index (κ3) is 2.78. The Hall–Kier alpha value is -1.44. The lowest BCUT2D eigenvalue weighted by atomic mass is 10.2. The fraction of sp³-hybridized carbons (Fsp3) is 0.429. The summed E-state index contributed by atoms with van der Waals surface area (Å²) in [5.41, 5.74) is 1.21. The summed E-state index contributed by atoms with van der Waals surface area (Å²) in [4.78, 5) is 3.38. The number of benzene rings is 1. The number of nitrogens with one attached hydrogen (secondary N) is 2. The van der Waals surface area contributed by atoms with Crippen LogP contribution in [0.15, 0.2) is 30.3 Å². The van der Waals surface area contributed by atoms with Crippen molar-refractivity contribution in [1.82, 2.24) is 4.98 Å². The van der Waals surface area contributed by atoms with Crippen molar-refractivity contribution in [2.24, 2.45) is 0 Å². The van der Waals surface area contributed by atoms with E-state index in [2.05, 4.69) is 47.6 Å². The minimum absolute atomic E-state index is 1.06. The van der Waals surface area contributed by atoms with Gasteiger partial charge in [0.15, 0.2) is 0 Å². The molecule has 2 rings (SSSR count). The van der Waals surface area contributed by atoms with E-state index in [0.717, 1.165) is 12.4 Å².